The summed E-state index contributed by atoms with van der Waals surface area (Å²) >= 11 is 0. The molecule has 1 unspecified atom stereocenters. The standard InChI is InChI=1S/C33H50O6P2.C14H23OP/c1-29(2,3)23-13-15-27(25(17-23)31(7,8)9)38-40-34-19-33(20-35-40)21-36-41(37-22-33)39-28-16-14-24(30(4,5)6)18-26(28)32(10,11)12;1-13(2,3)10-7-8-12(15-16)11(9-10)14(4,5)6/h13-18H,19-22H2,1-12H3;7-9H,16H2,1-6H3. The average molecular weight is 843 g/mol. The van der Waals surface area contributed by atoms with Gasteiger partial charge in [-0.15, -0.1) is 0 Å². The molecule has 0 N–H and O–H groups in total. The number of hydrogen-bond donors (Lipinski definition) is 0. The maximum atomic E-state index is 6.31. The molecule has 1 atom stereocenters. The van der Waals surface area contributed by atoms with E-state index in [1.54, 1.807) is 0 Å². The van der Waals surface area contributed by atoms with Gasteiger partial charge < -0.3 is 31.7 Å². The Bertz CT molecular complexity index is 1700. The molecule has 2 fully saturated rings. The van der Waals surface area contributed by atoms with Crippen molar-refractivity contribution < 1.29 is 31.7 Å². The minimum Gasteiger partial charge on any atom is -0.480 e. The van der Waals surface area contributed by atoms with Gasteiger partial charge in [0.15, 0.2) is 0 Å². The molecule has 318 valence electrons. The van der Waals surface area contributed by atoms with Crippen LogP contribution in [-0.2, 0) is 50.6 Å². The van der Waals surface area contributed by atoms with E-state index in [0.717, 1.165) is 28.4 Å². The van der Waals surface area contributed by atoms with Gasteiger partial charge in [0.25, 0.3) is 0 Å². The van der Waals surface area contributed by atoms with Gasteiger partial charge in [0, 0.05) is 16.7 Å². The van der Waals surface area contributed by atoms with E-state index in [9.17, 15) is 0 Å². The van der Waals surface area contributed by atoms with Gasteiger partial charge in [0.05, 0.1) is 41.3 Å². The Balaban J connectivity index is 0.000000377. The number of rotatable bonds is 5. The summed E-state index contributed by atoms with van der Waals surface area (Å²) in [7, 11) is -0.704. The Morgan fingerprint density at radius 2 is 0.684 bits per heavy atom. The minimum atomic E-state index is -1.52. The second kappa shape index (κ2) is 17.7. The monoisotopic (exact) mass is 842 g/mol. The van der Waals surface area contributed by atoms with Crippen molar-refractivity contribution in [3.8, 4) is 17.2 Å². The van der Waals surface area contributed by atoms with Crippen LogP contribution in [0.15, 0.2) is 54.6 Å². The second-order valence-electron chi connectivity index (χ2n) is 22.0. The molecule has 0 aliphatic carbocycles. The van der Waals surface area contributed by atoms with Crippen LogP contribution in [0.4, 0.5) is 0 Å². The highest BCUT2D eigenvalue weighted by atomic mass is 31.2. The van der Waals surface area contributed by atoms with E-state index in [1.165, 1.54) is 22.3 Å². The molecule has 57 heavy (non-hydrogen) atoms. The summed E-state index contributed by atoms with van der Waals surface area (Å²) in [6.45, 7) is 41.7. The Morgan fingerprint density at radius 3 is 0.930 bits per heavy atom. The van der Waals surface area contributed by atoms with Crippen LogP contribution in [0.3, 0.4) is 0 Å². The minimum absolute atomic E-state index is 0.0579. The molecule has 3 aromatic carbocycles. The van der Waals surface area contributed by atoms with Gasteiger partial charge in [-0.25, -0.2) is 0 Å². The molecule has 2 saturated heterocycles. The lowest BCUT2D eigenvalue weighted by Crippen LogP contribution is -2.45. The van der Waals surface area contributed by atoms with Crippen LogP contribution in [-0.4, -0.2) is 26.4 Å². The van der Waals surface area contributed by atoms with Crippen LogP contribution in [0.1, 0.15) is 158 Å². The Hall–Kier alpha value is -1.81. The van der Waals surface area contributed by atoms with Crippen LogP contribution < -0.4 is 13.6 Å². The average Bonchev–Trinajstić information content (AvgIpc) is 3.08. The van der Waals surface area contributed by atoms with Gasteiger partial charge in [-0.2, -0.15) is 0 Å². The predicted molar refractivity (Wildman–Crippen MR) is 243 cm³/mol. The highest BCUT2D eigenvalue weighted by Gasteiger charge is 2.45. The van der Waals surface area contributed by atoms with Gasteiger partial charge in [-0.3, -0.25) is 0 Å². The Labute approximate surface area is 351 Å². The predicted octanol–water partition coefficient (Wildman–Crippen LogP) is 14.3. The SMILES string of the molecule is CC(C)(C)c1ccc(OP)c(C(C)(C)C)c1.CC(C)(C)c1ccc(OP2OCC3(CO2)COP(Oc2ccc(C(C)(C)C)cc2C(C)(C)C)OC3)c(C(C)(C)C)c1. The summed E-state index contributed by atoms with van der Waals surface area (Å²) in [5.74, 6) is 2.58. The molecular formula is C47H73O7P3. The molecule has 0 radical (unpaired) electrons. The summed E-state index contributed by atoms with van der Waals surface area (Å²) in [6, 6.07) is 19.4. The van der Waals surface area contributed by atoms with E-state index < -0.39 is 17.2 Å². The van der Waals surface area contributed by atoms with Crippen LogP contribution in [0, 0.1) is 5.41 Å². The molecule has 1 spiro atoms. The largest absolute Gasteiger partial charge is 0.480 e. The van der Waals surface area contributed by atoms with Crippen molar-refractivity contribution in [1.29, 1.82) is 0 Å². The summed E-state index contributed by atoms with van der Waals surface area (Å²) in [5.41, 5.74) is 7.33. The third-order valence-corrected chi connectivity index (χ3v) is 12.6. The first-order valence-corrected chi connectivity index (χ1v) is 22.9. The molecular weight excluding hydrogens is 769 g/mol. The molecule has 5 rings (SSSR count). The number of hydrogen-bond acceptors (Lipinski definition) is 7. The normalized spacial score (nSPS) is 21.1. The van der Waals surface area contributed by atoms with Gasteiger partial charge >= 0.3 is 17.2 Å². The molecule has 0 saturated carbocycles. The zero-order valence-corrected chi connectivity index (χ0v) is 41.3. The number of benzene rings is 3. The van der Waals surface area contributed by atoms with Gasteiger partial charge in [-0.1, -0.05) is 161 Å². The van der Waals surface area contributed by atoms with Crippen molar-refractivity contribution in [1.82, 2.24) is 0 Å². The van der Waals surface area contributed by atoms with Crippen LogP contribution in [0.2, 0.25) is 0 Å². The van der Waals surface area contributed by atoms with E-state index >= 15 is 0 Å². The third kappa shape index (κ3) is 12.8. The van der Waals surface area contributed by atoms with E-state index in [1.807, 2.05) is 0 Å². The second-order valence-corrected chi connectivity index (χ2v) is 24.5. The molecule has 0 amide bonds. The Morgan fingerprint density at radius 1 is 0.421 bits per heavy atom. The van der Waals surface area contributed by atoms with Crippen molar-refractivity contribution in [2.45, 2.75) is 157 Å². The highest BCUT2D eigenvalue weighted by molar-refractivity contribution is 7.42. The summed E-state index contributed by atoms with van der Waals surface area (Å²) < 4.78 is 42.5. The summed E-state index contributed by atoms with van der Waals surface area (Å²) in [5, 5.41) is 0. The van der Waals surface area contributed by atoms with Crippen LogP contribution in [0.25, 0.3) is 0 Å². The zero-order valence-electron chi connectivity index (χ0n) is 38.4. The zero-order chi connectivity index (χ0) is 43.0. The van der Waals surface area contributed by atoms with Crippen molar-refractivity contribution in [2.24, 2.45) is 5.41 Å². The fourth-order valence-corrected chi connectivity index (χ4v) is 9.08. The summed E-state index contributed by atoms with van der Waals surface area (Å²) in [4.78, 5) is 0. The van der Waals surface area contributed by atoms with Crippen molar-refractivity contribution >= 4 is 26.7 Å². The lowest BCUT2D eigenvalue weighted by atomic mass is 9.80. The first kappa shape index (κ1) is 47.9. The van der Waals surface area contributed by atoms with Crippen molar-refractivity contribution in [2.75, 3.05) is 26.4 Å². The Kier molecular flexibility index (Phi) is 14.8. The maximum absolute atomic E-state index is 6.31. The van der Waals surface area contributed by atoms with Crippen molar-refractivity contribution in [3.63, 3.8) is 0 Å². The van der Waals surface area contributed by atoms with Gasteiger partial charge in [-0.05, 0) is 67.4 Å². The highest BCUT2D eigenvalue weighted by Crippen LogP contribution is 2.55. The van der Waals surface area contributed by atoms with E-state index in [4.69, 9.17) is 31.7 Å². The molecule has 0 bridgehead atoms. The molecule has 0 aromatic heterocycles. The lowest BCUT2D eigenvalue weighted by Gasteiger charge is -2.41. The maximum Gasteiger partial charge on any atom is 0.397 e. The van der Waals surface area contributed by atoms with Gasteiger partial charge in [0.2, 0.25) is 0 Å². The third-order valence-electron chi connectivity index (χ3n) is 10.3. The quantitative estimate of drug-likeness (QED) is 0.237. The molecule has 2 aliphatic rings. The van der Waals surface area contributed by atoms with E-state index in [2.05, 4.69) is 189 Å². The fraction of sp³-hybridized carbons (Fsp3) is 0.617. The van der Waals surface area contributed by atoms with Crippen molar-refractivity contribution in [3.05, 3.63) is 88.0 Å². The molecule has 2 heterocycles. The van der Waals surface area contributed by atoms with E-state index in [0.29, 0.717) is 26.4 Å². The first-order valence-electron chi connectivity index (χ1n) is 20.2. The first-order chi connectivity index (χ1) is 25.9. The molecule has 7 nitrogen and oxygen atoms in total. The molecule has 2 aliphatic heterocycles. The molecule has 10 heteroatoms. The summed E-state index contributed by atoms with van der Waals surface area (Å²) in [6.07, 6.45) is 0. The molecule has 3 aromatic rings. The topological polar surface area (TPSA) is 64.6 Å². The smallest absolute Gasteiger partial charge is 0.397 e. The fourth-order valence-electron chi connectivity index (χ4n) is 6.36. The van der Waals surface area contributed by atoms with Gasteiger partial charge in [0.1, 0.15) is 17.2 Å². The van der Waals surface area contributed by atoms with E-state index in [-0.39, 0.29) is 37.9 Å². The van der Waals surface area contributed by atoms with Crippen LogP contribution in [0.5, 0.6) is 17.2 Å². The lowest BCUT2D eigenvalue weighted by molar-refractivity contribution is -0.0673. The van der Waals surface area contributed by atoms with Crippen LogP contribution >= 0.6 is 26.7 Å².